The van der Waals surface area contributed by atoms with Crippen molar-refractivity contribution in [2.24, 2.45) is 5.92 Å². The molecule has 1 amide bonds. The number of aromatic nitrogens is 2. The number of hydrogen-bond donors (Lipinski definition) is 0. The Labute approximate surface area is 214 Å². The van der Waals surface area contributed by atoms with E-state index in [0.717, 1.165) is 31.7 Å². The van der Waals surface area contributed by atoms with Crippen LogP contribution >= 0.6 is 0 Å². The van der Waals surface area contributed by atoms with Crippen molar-refractivity contribution < 1.29 is 32.3 Å². The van der Waals surface area contributed by atoms with Gasteiger partial charge in [-0.1, -0.05) is 31.7 Å². The number of rotatable bonds is 8. The number of ether oxygens (including phenoxy) is 1. The van der Waals surface area contributed by atoms with Gasteiger partial charge in [-0.05, 0) is 56.9 Å². The number of halogens is 3. The zero-order valence-electron chi connectivity index (χ0n) is 21.3. The van der Waals surface area contributed by atoms with Crippen molar-refractivity contribution in [3.05, 3.63) is 52.8 Å². The highest BCUT2D eigenvalue weighted by Gasteiger charge is 2.43. The van der Waals surface area contributed by atoms with Crippen molar-refractivity contribution in [3.63, 3.8) is 0 Å². The van der Waals surface area contributed by atoms with Crippen molar-refractivity contribution in [3.8, 4) is 0 Å². The molecule has 1 aliphatic heterocycles. The fourth-order valence-electron chi connectivity index (χ4n) is 5.25. The van der Waals surface area contributed by atoms with Crippen LogP contribution < -0.4 is 0 Å². The number of hydrogen-bond acceptors (Lipinski definition) is 5. The van der Waals surface area contributed by atoms with Gasteiger partial charge in [0.05, 0.1) is 23.7 Å². The van der Waals surface area contributed by atoms with Crippen LogP contribution in [-0.4, -0.2) is 44.0 Å². The normalized spacial score (nSPS) is 17.2. The lowest BCUT2D eigenvalue weighted by molar-refractivity contribution is -0.155. The van der Waals surface area contributed by atoms with E-state index in [4.69, 9.17) is 4.74 Å². The Hall–Kier alpha value is -3.17. The number of fused-ring (bicyclic) bond motifs is 1. The van der Waals surface area contributed by atoms with E-state index in [0.29, 0.717) is 12.1 Å². The SMILES string of the molecule is CC(C)(C)OC(=O)Cn1ccc(CC(=O)[C@H](CC2CCCC2)N2Cc3c(cccc3C(F)(F)F)C2=O)n1. The fourth-order valence-corrected chi connectivity index (χ4v) is 5.25. The number of amides is 1. The number of benzene rings is 1. The molecule has 1 atom stereocenters. The van der Waals surface area contributed by atoms with Crippen LogP contribution in [0.1, 0.15) is 80.1 Å². The second-order valence-electron chi connectivity index (χ2n) is 10.9. The van der Waals surface area contributed by atoms with Crippen LogP contribution in [0.2, 0.25) is 0 Å². The summed E-state index contributed by atoms with van der Waals surface area (Å²) in [6.45, 7) is 4.92. The molecule has 1 aromatic carbocycles. The Bertz CT molecular complexity index is 1180. The molecule has 1 aliphatic carbocycles. The predicted molar refractivity (Wildman–Crippen MR) is 128 cm³/mol. The van der Waals surface area contributed by atoms with Crippen molar-refractivity contribution >= 4 is 17.7 Å². The molecule has 0 radical (unpaired) electrons. The first-order chi connectivity index (χ1) is 17.3. The quantitative estimate of drug-likeness (QED) is 0.461. The molecule has 0 saturated heterocycles. The number of alkyl halides is 3. The van der Waals surface area contributed by atoms with Crippen LogP contribution in [0.4, 0.5) is 13.2 Å². The molecule has 7 nitrogen and oxygen atoms in total. The Kier molecular flexibility index (Phi) is 7.48. The van der Waals surface area contributed by atoms with Gasteiger partial charge in [-0.15, -0.1) is 0 Å². The summed E-state index contributed by atoms with van der Waals surface area (Å²) in [6, 6.07) is 4.37. The number of Topliss-reactive ketones (excluding diaryl/α,β-unsaturated/α-hetero) is 1. The topological polar surface area (TPSA) is 81.5 Å². The summed E-state index contributed by atoms with van der Waals surface area (Å²) < 4.78 is 47.5. The van der Waals surface area contributed by atoms with Gasteiger partial charge in [-0.3, -0.25) is 19.1 Å². The van der Waals surface area contributed by atoms with Gasteiger partial charge in [0, 0.05) is 18.3 Å². The molecule has 0 unspecified atom stereocenters. The number of esters is 1. The van der Waals surface area contributed by atoms with E-state index in [1.54, 1.807) is 33.0 Å². The van der Waals surface area contributed by atoms with Gasteiger partial charge in [-0.25, -0.2) is 0 Å². The van der Waals surface area contributed by atoms with E-state index in [-0.39, 0.29) is 42.3 Å². The molecule has 2 heterocycles. The highest BCUT2D eigenvalue weighted by atomic mass is 19.4. The highest BCUT2D eigenvalue weighted by Crippen LogP contribution is 2.39. The summed E-state index contributed by atoms with van der Waals surface area (Å²) in [5.74, 6) is -1.05. The van der Waals surface area contributed by atoms with Gasteiger partial charge in [0.15, 0.2) is 5.78 Å². The van der Waals surface area contributed by atoms with Gasteiger partial charge in [0.2, 0.25) is 0 Å². The predicted octanol–water partition coefficient (Wildman–Crippen LogP) is 4.96. The number of carbonyl (C=O) groups excluding carboxylic acids is 3. The number of nitrogens with zero attached hydrogens (tertiary/aromatic N) is 3. The molecule has 1 aromatic heterocycles. The van der Waals surface area contributed by atoms with Crippen molar-refractivity contribution in [2.75, 3.05) is 0 Å². The molecule has 2 aromatic rings. The van der Waals surface area contributed by atoms with Crippen molar-refractivity contribution in [2.45, 2.75) is 90.2 Å². The zero-order chi connectivity index (χ0) is 27.0. The average molecular weight is 520 g/mol. The second-order valence-corrected chi connectivity index (χ2v) is 10.9. The molecular weight excluding hydrogens is 487 g/mol. The number of ketones is 1. The molecule has 1 saturated carbocycles. The van der Waals surface area contributed by atoms with Crippen LogP contribution in [0.3, 0.4) is 0 Å². The van der Waals surface area contributed by atoms with Gasteiger partial charge in [-0.2, -0.15) is 18.3 Å². The minimum Gasteiger partial charge on any atom is -0.459 e. The first-order valence-electron chi connectivity index (χ1n) is 12.6. The summed E-state index contributed by atoms with van der Waals surface area (Å²) in [5, 5.41) is 4.31. The first kappa shape index (κ1) is 26.9. The van der Waals surface area contributed by atoms with E-state index >= 15 is 0 Å². The summed E-state index contributed by atoms with van der Waals surface area (Å²) in [4.78, 5) is 40.2. The van der Waals surface area contributed by atoms with Gasteiger partial charge >= 0.3 is 12.1 Å². The summed E-state index contributed by atoms with van der Waals surface area (Å²) in [7, 11) is 0. The zero-order valence-corrected chi connectivity index (χ0v) is 21.3. The van der Waals surface area contributed by atoms with Crippen molar-refractivity contribution in [1.29, 1.82) is 0 Å². The minimum atomic E-state index is -4.59. The summed E-state index contributed by atoms with van der Waals surface area (Å²) in [5.41, 5.74) is -1.13. The van der Waals surface area contributed by atoms with Crippen LogP contribution in [0.15, 0.2) is 30.5 Å². The van der Waals surface area contributed by atoms with E-state index in [9.17, 15) is 27.6 Å². The Morgan fingerprint density at radius 2 is 1.84 bits per heavy atom. The lowest BCUT2D eigenvalue weighted by Crippen LogP contribution is -2.43. The maximum absolute atomic E-state index is 13.6. The largest absolute Gasteiger partial charge is 0.459 e. The highest BCUT2D eigenvalue weighted by molar-refractivity contribution is 6.02. The third kappa shape index (κ3) is 6.40. The third-order valence-corrected chi connectivity index (χ3v) is 6.84. The summed E-state index contributed by atoms with van der Waals surface area (Å²) in [6.07, 6.45) is 1.23. The smallest absolute Gasteiger partial charge is 0.416 e. The average Bonchev–Trinajstić information content (AvgIpc) is 3.51. The molecular formula is C27H32F3N3O4. The van der Waals surface area contributed by atoms with Gasteiger partial charge in [0.1, 0.15) is 12.1 Å². The maximum atomic E-state index is 13.6. The summed E-state index contributed by atoms with van der Waals surface area (Å²) >= 11 is 0. The van der Waals surface area contributed by atoms with Crippen LogP contribution in [0, 0.1) is 5.92 Å². The standard InChI is InChI=1S/C27H32F3N3O4/c1-26(2,3)37-24(35)16-32-12-11-18(31-32)14-23(34)22(13-17-7-4-5-8-17)33-15-20-19(25(33)36)9-6-10-21(20)27(28,29)30/h6,9-12,17,22H,4-5,7-8,13-16H2,1-3H3/t22-/m0/s1. The maximum Gasteiger partial charge on any atom is 0.416 e. The number of carbonyl (C=O) groups is 3. The Balaban J connectivity index is 1.52. The van der Waals surface area contributed by atoms with E-state index < -0.39 is 35.3 Å². The van der Waals surface area contributed by atoms with Crippen LogP contribution in [0.25, 0.3) is 0 Å². The fraction of sp³-hybridized carbons (Fsp3) is 0.556. The molecule has 10 heteroatoms. The van der Waals surface area contributed by atoms with Gasteiger partial charge in [0.25, 0.3) is 5.91 Å². The lowest BCUT2D eigenvalue weighted by Gasteiger charge is -2.29. The van der Waals surface area contributed by atoms with E-state index in [1.807, 2.05) is 0 Å². The Morgan fingerprint density at radius 1 is 1.14 bits per heavy atom. The first-order valence-corrected chi connectivity index (χ1v) is 12.6. The second kappa shape index (κ2) is 10.3. The van der Waals surface area contributed by atoms with Crippen molar-refractivity contribution in [1.82, 2.24) is 14.7 Å². The van der Waals surface area contributed by atoms with Crippen LogP contribution in [0.5, 0.6) is 0 Å². The Morgan fingerprint density at radius 3 is 2.49 bits per heavy atom. The third-order valence-electron chi connectivity index (χ3n) is 6.84. The molecule has 4 rings (SSSR count). The van der Waals surface area contributed by atoms with E-state index in [1.165, 1.54) is 21.7 Å². The molecule has 0 bridgehead atoms. The molecule has 0 spiro atoms. The molecule has 1 fully saturated rings. The monoisotopic (exact) mass is 519 g/mol. The molecule has 2 aliphatic rings. The minimum absolute atomic E-state index is 0.000635. The molecule has 37 heavy (non-hydrogen) atoms. The molecule has 0 N–H and O–H groups in total. The lowest BCUT2D eigenvalue weighted by atomic mass is 9.93. The molecule has 200 valence electrons. The van der Waals surface area contributed by atoms with E-state index in [2.05, 4.69) is 5.10 Å². The van der Waals surface area contributed by atoms with Gasteiger partial charge < -0.3 is 9.64 Å². The van der Waals surface area contributed by atoms with Crippen LogP contribution in [-0.2, 0) is 40.0 Å².